The summed E-state index contributed by atoms with van der Waals surface area (Å²) in [6.07, 6.45) is 4.98. The van der Waals surface area contributed by atoms with Gasteiger partial charge in [-0.25, -0.2) is 0 Å². The molecule has 0 spiro atoms. The summed E-state index contributed by atoms with van der Waals surface area (Å²) in [6, 6.07) is 20.0. The van der Waals surface area contributed by atoms with E-state index in [9.17, 15) is 19.5 Å². The second-order valence-electron chi connectivity index (χ2n) is 11.9. The normalized spacial score (nSPS) is 21.4. The molecule has 0 saturated heterocycles. The standard InChI is InChI=1S/C18H19NO3.C18H22O/c1-3-19(4-2)14-9-10-16(17(21)11-14)18(22)15-8-6-5-7-13(15)12-20;1-12-5-7-13(8-6-12)11-14-15-9-10-18(4,16(14)19)17(15,2)3/h5-12,21H,3-4H2,1-2H3;5-8,11,15H,9-10H2,1-4H3. The molecule has 214 valence electrons. The SMILES string of the molecule is CCN(CC)c1ccc(C(=O)c2ccccc2C=O)c(O)c1.Cc1ccc(C=C2C(=O)C3(C)CCC2C3(C)C)cc1. The number of rotatable bonds is 7. The molecule has 3 aromatic rings. The second-order valence-corrected chi connectivity index (χ2v) is 11.9. The van der Waals surface area contributed by atoms with Crippen molar-refractivity contribution in [1.29, 1.82) is 0 Å². The molecule has 0 amide bonds. The zero-order valence-corrected chi connectivity index (χ0v) is 25.0. The van der Waals surface area contributed by atoms with E-state index in [1.165, 1.54) is 5.56 Å². The third-order valence-electron chi connectivity index (χ3n) is 9.45. The van der Waals surface area contributed by atoms with Crippen LogP contribution in [0, 0.1) is 23.7 Å². The summed E-state index contributed by atoms with van der Waals surface area (Å²) in [4.78, 5) is 38.4. The molecule has 2 aliphatic carbocycles. The highest BCUT2D eigenvalue weighted by molar-refractivity contribution is 6.14. The summed E-state index contributed by atoms with van der Waals surface area (Å²) >= 11 is 0. The van der Waals surface area contributed by atoms with Crippen molar-refractivity contribution in [2.24, 2.45) is 16.7 Å². The zero-order chi connectivity index (χ0) is 29.9. The highest BCUT2D eigenvalue weighted by Gasteiger charge is 2.63. The Labute approximate surface area is 243 Å². The van der Waals surface area contributed by atoms with Crippen LogP contribution >= 0.6 is 0 Å². The molecule has 2 bridgehead atoms. The zero-order valence-electron chi connectivity index (χ0n) is 25.0. The van der Waals surface area contributed by atoms with Crippen molar-refractivity contribution in [1.82, 2.24) is 0 Å². The average molecular weight is 552 g/mol. The molecule has 2 saturated carbocycles. The Kier molecular flexibility index (Phi) is 8.67. The predicted octanol–water partition coefficient (Wildman–Crippen LogP) is 7.69. The van der Waals surface area contributed by atoms with E-state index in [1.54, 1.807) is 36.4 Å². The fourth-order valence-electron chi connectivity index (χ4n) is 6.39. The minimum atomic E-state index is -0.355. The van der Waals surface area contributed by atoms with Gasteiger partial charge in [0.15, 0.2) is 17.9 Å². The number of fused-ring (bicyclic) bond motifs is 2. The first-order valence-corrected chi connectivity index (χ1v) is 14.5. The molecule has 2 fully saturated rings. The van der Waals surface area contributed by atoms with Crippen molar-refractivity contribution in [2.45, 2.75) is 54.4 Å². The number of allylic oxidation sites excluding steroid dienone is 1. The Morgan fingerprint density at radius 3 is 2.20 bits per heavy atom. The van der Waals surface area contributed by atoms with Gasteiger partial charge in [-0.3, -0.25) is 14.4 Å². The van der Waals surface area contributed by atoms with Gasteiger partial charge in [-0.15, -0.1) is 0 Å². The highest BCUT2D eigenvalue weighted by atomic mass is 16.3. The summed E-state index contributed by atoms with van der Waals surface area (Å²) in [5.74, 6) is 0.391. The molecular weight excluding hydrogens is 510 g/mol. The molecule has 1 N–H and O–H groups in total. The van der Waals surface area contributed by atoms with Gasteiger partial charge in [-0.2, -0.15) is 0 Å². The van der Waals surface area contributed by atoms with Crippen molar-refractivity contribution in [3.8, 4) is 5.75 Å². The number of aromatic hydroxyl groups is 1. The van der Waals surface area contributed by atoms with Gasteiger partial charge >= 0.3 is 0 Å². The molecular formula is C36H41NO4. The van der Waals surface area contributed by atoms with Crippen molar-refractivity contribution in [2.75, 3.05) is 18.0 Å². The van der Waals surface area contributed by atoms with E-state index in [2.05, 4.69) is 62.9 Å². The number of hydrogen-bond donors (Lipinski definition) is 1. The predicted molar refractivity (Wildman–Crippen MR) is 166 cm³/mol. The second kappa shape index (κ2) is 11.9. The van der Waals surface area contributed by atoms with Gasteiger partial charge in [-0.05, 0) is 74.3 Å². The van der Waals surface area contributed by atoms with Gasteiger partial charge in [0.25, 0.3) is 0 Å². The number of benzene rings is 3. The maximum absolute atomic E-state index is 12.7. The van der Waals surface area contributed by atoms with Crippen molar-refractivity contribution < 1.29 is 19.5 Å². The number of carbonyl (C=O) groups excluding carboxylic acids is 3. The van der Waals surface area contributed by atoms with Crippen LogP contribution in [-0.4, -0.2) is 36.0 Å². The maximum atomic E-state index is 12.7. The van der Waals surface area contributed by atoms with Crippen LogP contribution in [-0.2, 0) is 4.79 Å². The Morgan fingerprint density at radius 2 is 1.63 bits per heavy atom. The topological polar surface area (TPSA) is 74.7 Å². The van der Waals surface area contributed by atoms with Crippen LogP contribution in [0.5, 0.6) is 5.75 Å². The fraction of sp³-hybridized carbons (Fsp3) is 0.361. The summed E-state index contributed by atoms with van der Waals surface area (Å²) < 4.78 is 0. The van der Waals surface area contributed by atoms with Gasteiger partial charge in [0.2, 0.25) is 0 Å². The minimum absolute atomic E-state index is 0.0740. The van der Waals surface area contributed by atoms with E-state index in [0.717, 1.165) is 42.8 Å². The van der Waals surface area contributed by atoms with E-state index >= 15 is 0 Å². The molecule has 2 aliphatic rings. The first kappa shape index (κ1) is 30.0. The van der Waals surface area contributed by atoms with Crippen LogP contribution in [0.3, 0.4) is 0 Å². The van der Waals surface area contributed by atoms with E-state index in [0.29, 0.717) is 29.1 Å². The van der Waals surface area contributed by atoms with Crippen molar-refractivity contribution in [3.63, 3.8) is 0 Å². The highest BCUT2D eigenvalue weighted by Crippen LogP contribution is 2.65. The molecule has 0 aliphatic heterocycles. The maximum Gasteiger partial charge on any atom is 0.197 e. The van der Waals surface area contributed by atoms with Crippen molar-refractivity contribution in [3.05, 3.63) is 100 Å². The number of Topliss-reactive ketones (excluding diaryl/α,β-unsaturated/α-hetero) is 1. The molecule has 41 heavy (non-hydrogen) atoms. The lowest BCUT2D eigenvalue weighted by Crippen LogP contribution is -2.32. The van der Waals surface area contributed by atoms with Crippen LogP contribution in [0.4, 0.5) is 5.69 Å². The number of phenolic OH excluding ortho intramolecular Hbond substituents is 1. The number of carbonyl (C=O) groups is 3. The van der Waals surface area contributed by atoms with Gasteiger partial charge in [0, 0.05) is 41.4 Å². The lowest BCUT2D eigenvalue weighted by Gasteiger charge is -2.31. The molecule has 2 atom stereocenters. The number of aryl methyl sites for hydroxylation is 1. The monoisotopic (exact) mass is 551 g/mol. The molecule has 0 heterocycles. The lowest BCUT2D eigenvalue weighted by molar-refractivity contribution is -0.125. The van der Waals surface area contributed by atoms with Gasteiger partial charge in [0.1, 0.15) is 5.75 Å². The fourth-order valence-corrected chi connectivity index (χ4v) is 6.39. The van der Waals surface area contributed by atoms with Crippen LogP contribution < -0.4 is 4.90 Å². The molecule has 2 unspecified atom stereocenters. The minimum Gasteiger partial charge on any atom is -0.507 e. The van der Waals surface area contributed by atoms with Crippen LogP contribution in [0.2, 0.25) is 0 Å². The van der Waals surface area contributed by atoms with Gasteiger partial charge in [0.05, 0.1) is 5.56 Å². The molecule has 0 aromatic heterocycles. The Morgan fingerprint density at radius 1 is 0.976 bits per heavy atom. The number of anilines is 1. The number of ketones is 2. The molecule has 0 radical (unpaired) electrons. The lowest BCUT2D eigenvalue weighted by atomic mass is 9.70. The third kappa shape index (κ3) is 5.50. The number of hydrogen-bond acceptors (Lipinski definition) is 5. The molecule has 5 heteroatoms. The molecule has 5 nitrogen and oxygen atoms in total. The Bertz CT molecular complexity index is 1480. The van der Waals surface area contributed by atoms with Crippen LogP contribution in [0.1, 0.15) is 84.9 Å². The number of aldehydes is 1. The quantitative estimate of drug-likeness (QED) is 0.185. The summed E-state index contributed by atoms with van der Waals surface area (Å²) in [6.45, 7) is 14.5. The van der Waals surface area contributed by atoms with Crippen molar-refractivity contribution >= 4 is 29.6 Å². The van der Waals surface area contributed by atoms with Gasteiger partial charge < -0.3 is 10.0 Å². The van der Waals surface area contributed by atoms with Crippen LogP contribution in [0.15, 0.2) is 72.3 Å². The van der Waals surface area contributed by atoms with E-state index in [-0.39, 0.29) is 27.9 Å². The largest absolute Gasteiger partial charge is 0.507 e. The molecule has 5 rings (SSSR count). The van der Waals surface area contributed by atoms with E-state index < -0.39 is 0 Å². The first-order chi connectivity index (χ1) is 19.5. The average Bonchev–Trinajstić information content (AvgIpc) is 3.28. The Balaban J connectivity index is 0.000000191. The third-order valence-corrected chi connectivity index (χ3v) is 9.45. The summed E-state index contributed by atoms with van der Waals surface area (Å²) in [5, 5.41) is 10.2. The Hall–Kier alpha value is -3.99. The number of nitrogens with zero attached hydrogens (tertiary/aromatic N) is 1. The number of phenols is 1. The summed E-state index contributed by atoms with van der Waals surface area (Å²) in [7, 11) is 0. The van der Waals surface area contributed by atoms with E-state index in [4.69, 9.17) is 0 Å². The molecule has 3 aromatic carbocycles. The first-order valence-electron chi connectivity index (χ1n) is 14.5. The van der Waals surface area contributed by atoms with E-state index in [1.807, 2.05) is 19.9 Å². The van der Waals surface area contributed by atoms with Gasteiger partial charge in [-0.1, -0.05) is 74.9 Å². The summed E-state index contributed by atoms with van der Waals surface area (Å²) in [5.41, 5.74) is 5.11. The smallest absolute Gasteiger partial charge is 0.197 e. The van der Waals surface area contributed by atoms with Crippen LogP contribution in [0.25, 0.3) is 6.08 Å².